The molecule has 0 aliphatic carbocycles. The van der Waals surface area contributed by atoms with Gasteiger partial charge < -0.3 is 9.32 Å². The largest absolute Gasteiger partial charge is 0.452 e. The molecule has 2 unspecified atom stereocenters. The summed E-state index contributed by atoms with van der Waals surface area (Å²) in [5, 5.41) is 0.197. The van der Waals surface area contributed by atoms with Crippen LogP contribution in [0.5, 0.6) is 0 Å². The van der Waals surface area contributed by atoms with Crippen molar-refractivity contribution < 1.29 is 9.21 Å². The van der Waals surface area contributed by atoms with Crippen LogP contribution >= 0.6 is 11.6 Å². The van der Waals surface area contributed by atoms with Crippen molar-refractivity contribution in [2.45, 2.75) is 38.3 Å². The average Bonchev–Trinajstić information content (AvgIpc) is 2.83. The maximum absolute atomic E-state index is 12.5. The summed E-state index contributed by atoms with van der Waals surface area (Å²) < 4.78 is 5.03. The molecule has 0 saturated carbocycles. The molecule has 2 aliphatic heterocycles. The predicted octanol–water partition coefficient (Wildman–Crippen LogP) is 2.63. The average molecular weight is 283 g/mol. The zero-order valence-electron chi connectivity index (χ0n) is 11.1. The summed E-state index contributed by atoms with van der Waals surface area (Å²) in [7, 11) is 0. The smallest absolute Gasteiger partial charge is 0.259 e. The van der Waals surface area contributed by atoms with Gasteiger partial charge in [0.1, 0.15) is 0 Å². The molecule has 0 N–H and O–H groups in total. The molecule has 2 fully saturated rings. The number of carbonyl (C=O) groups is 1. The van der Waals surface area contributed by atoms with Crippen molar-refractivity contribution in [3.8, 4) is 0 Å². The molecule has 1 aromatic rings. The third-order valence-corrected chi connectivity index (χ3v) is 4.59. The Bertz CT molecular complexity index is 474. The lowest BCUT2D eigenvalue weighted by Crippen LogP contribution is -2.60. The number of amides is 1. The van der Waals surface area contributed by atoms with Crippen molar-refractivity contribution in [3.05, 3.63) is 23.1 Å². The first kappa shape index (κ1) is 13.0. The van der Waals surface area contributed by atoms with E-state index in [2.05, 4.69) is 11.8 Å². The first-order valence-corrected chi connectivity index (χ1v) is 7.32. The van der Waals surface area contributed by atoms with Gasteiger partial charge in [0.2, 0.25) is 5.22 Å². The lowest BCUT2D eigenvalue weighted by molar-refractivity contribution is 0.0151. The molecule has 0 spiro atoms. The van der Waals surface area contributed by atoms with Crippen LogP contribution in [0.25, 0.3) is 0 Å². The van der Waals surface area contributed by atoms with Crippen LogP contribution in [0.3, 0.4) is 0 Å². The lowest BCUT2D eigenvalue weighted by atomic mass is 9.97. The third kappa shape index (κ3) is 2.39. The van der Waals surface area contributed by atoms with Gasteiger partial charge in [-0.15, -0.1) is 0 Å². The molecule has 2 atom stereocenters. The first-order valence-electron chi connectivity index (χ1n) is 6.95. The molecule has 3 rings (SSSR count). The summed E-state index contributed by atoms with van der Waals surface area (Å²) in [5.74, 6) is -0.00327. The number of hydrogen-bond donors (Lipinski definition) is 0. The van der Waals surface area contributed by atoms with Crippen LogP contribution in [0.15, 0.2) is 16.7 Å². The molecule has 4 nitrogen and oxygen atoms in total. The summed E-state index contributed by atoms with van der Waals surface area (Å²) in [4.78, 5) is 17.0. The summed E-state index contributed by atoms with van der Waals surface area (Å²) in [6, 6.07) is 2.40. The molecule has 0 aromatic carbocycles. The predicted molar refractivity (Wildman–Crippen MR) is 73.4 cm³/mol. The molecule has 1 amide bonds. The fraction of sp³-hybridized carbons (Fsp3) is 0.643. The van der Waals surface area contributed by atoms with Crippen LogP contribution in [0.1, 0.15) is 36.5 Å². The Morgan fingerprint density at radius 1 is 1.42 bits per heavy atom. The van der Waals surface area contributed by atoms with Gasteiger partial charge in [0.25, 0.3) is 5.91 Å². The van der Waals surface area contributed by atoms with Gasteiger partial charge in [-0.1, -0.05) is 6.42 Å². The third-order valence-electron chi connectivity index (χ3n) is 4.30. The fourth-order valence-electron chi connectivity index (χ4n) is 3.24. The maximum Gasteiger partial charge on any atom is 0.259 e. The summed E-state index contributed by atoms with van der Waals surface area (Å²) in [6.07, 6.45) is 5.21. The zero-order chi connectivity index (χ0) is 13.4. The molecule has 2 saturated heterocycles. The van der Waals surface area contributed by atoms with Gasteiger partial charge in [-0.25, -0.2) is 0 Å². The molecule has 5 heteroatoms. The summed E-state index contributed by atoms with van der Waals surface area (Å²) >= 11 is 5.91. The van der Waals surface area contributed by atoms with E-state index in [0.29, 0.717) is 11.6 Å². The summed E-state index contributed by atoms with van der Waals surface area (Å²) in [6.45, 7) is 5.05. The first-order chi connectivity index (χ1) is 9.16. The van der Waals surface area contributed by atoms with Gasteiger partial charge >= 0.3 is 0 Å². The van der Waals surface area contributed by atoms with E-state index in [-0.39, 0.29) is 17.2 Å². The highest BCUT2D eigenvalue weighted by atomic mass is 35.5. The minimum atomic E-state index is -0.00327. The van der Waals surface area contributed by atoms with Crippen LogP contribution < -0.4 is 0 Å². The van der Waals surface area contributed by atoms with E-state index in [9.17, 15) is 4.79 Å². The Kier molecular flexibility index (Phi) is 3.54. The normalized spacial score (nSPS) is 28.2. The number of hydrogen-bond acceptors (Lipinski definition) is 3. The highest BCUT2D eigenvalue weighted by molar-refractivity contribution is 6.32. The van der Waals surface area contributed by atoms with Crippen molar-refractivity contribution in [3.63, 3.8) is 0 Å². The van der Waals surface area contributed by atoms with Crippen LogP contribution in [0.2, 0.25) is 5.22 Å². The summed E-state index contributed by atoms with van der Waals surface area (Å²) in [5.41, 5.74) is 0.484. The second kappa shape index (κ2) is 5.17. The molecule has 2 aliphatic rings. The van der Waals surface area contributed by atoms with Gasteiger partial charge in [-0.3, -0.25) is 9.69 Å². The molecule has 0 bridgehead atoms. The van der Waals surface area contributed by atoms with Gasteiger partial charge in [0.05, 0.1) is 11.8 Å². The van der Waals surface area contributed by atoms with Crippen LogP contribution in [-0.4, -0.2) is 47.4 Å². The Balaban J connectivity index is 1.77. The van der Waals surface area contributed by atoms with Crippen molar-refractivity contribution in [1.82, 2.24) is 9.80 Å². The molecule has 3 heterocycles. The highest BCUT2D eigenvalue weighted by Gasteiger charge is 2.36. The second-order valence-electron chi connectivity index (χ2n) is 5.56. The highest BCUT2D eigenvalue weighted by Crippen LogP contribution is 2.27. The van der Waals surface area contributed by atoms with Crippen LogP contribution in [-0.2, 0) is 0 Å². The number of carbonyl (C=O) groups excluding carboxylic acids is 1. The number of furan rings is 1. The Morgan fingerprint density at radius 3 is 3.00 bits per heavy atom. The maximum atomic E-state index is 12.5. The molecule has 1 aromatic heterocycles. The van der Waals surface area contributed by atoms with Gasteiger partial charge in [-0.05, 0) is 44.0 Å². The molecule has 0 radical (unpaired) electrons. The van der Waals surface area contributed by atoms with E-state index in [0.717, 1.165) is 13.1 Å². The number of halogens is 1. The molecular formula is C14H19ClN2O2. The molecule has 19 heavy (non-hydrogen) atoms. The number of nitrogens with zero attached hydrogens (tertiary/aromatic N) is 2. The van der Waals surface area contributed by atoms with Gasteiger partial charge in [-0.2, -0.15) is 0 Å². The van der Waals surface area contributed by atoms with Crippen molar-refractivity contribution in [2.24, 2.45) is 0 Å². The second-order valence-corrected chi connectivity index (χ2v) is 5.90. The van der Waals surface area contributed by atoms with E-state index < -0.39 is 0 Å². The number of piperidine rings is 1. The van der Waals surface area contributed by atoms with Crippen molar-refractivity contribution in [2.75, 3.05) is 19.6 Å². The zero-order valence-corrected chi connectivity index (χ0v) is 11.9. The monoisotopic (exact) mass is 282 g/mol. The van der Waals surface area contributed by atoms with Gasteiger partial charge in [0, 0.05) is 25.2 Å². The van der Waals surface area contributed by atoms with Crippen LogP contribution in [0, 0.1) is 0 Å². The minimum Gasteiger partial charge on any atom is -0.452 e. The number of piperazine rings is 1. The fourth-order valence-corrected chi connectivity index (χ4v) is 3.43. The SMILES string of the molecule is CC1CN2CCCCC2CN1C(=O)c1ccoc1Cl. The van der Waals surface area contributed by atoms with Crippen molar-refractivity contribution in [1.29, 1.82) is 0 Å². The van der Waals surface area contributed by atoms with E-state index in [1.807, 2.05) is 4.90 Å². The standard InChI is InChI=1S/C14H19ClN2O2/c1-10-8-16-6-3-2-4-11(16)9-17(10)14(18)12-5-7-19-13(12)15/h5,7,10-11H,2-4,6,8-9H2,1H3. The quantitative estimate of drug-likeness (QED) is 0.794. The van der Waals surface area contributed by atoms with E-state index in [1.165, 1.54) is 32.1 Å². The number of rotatable bonds is 1. The van der Waals surface area contributed by atoms with E-state index >= 15 is 0 Å². The Hall–Kier alpha value is -1.00. The van der Waals surface area contributed by atoms with Crippen molar-refractivity contribution >= 4 is 17.5 Å². The number of fused-ring (bicyclic) bond motifs is 1. The Labute approximate surface area is 118 Å². The topological polar surface area (TPSA) is 36.7 Å². The van der Waals surface area contributed by atoms with E-state index in [4.69, 9.17) is 16.0 Å². The van der Waals surface area contributed by atoms with Gasteiger partial charge in [0.15, 0.2) is 0 Å². The molecular weight excluding hydrogens is 264 g/mol. The minimum absolute atomic E-state index is 0.00327. The van der Waals surface area contributed by atoms with Crippen LogP contribution in [0.4, 0.5) is 0 Å². The molecule has 104 valence electrons. The van der Waals surface area contributed by atoms with E-state index in [1.54, 1.807) is 6.07 Å². The lowest BCUT2D eigenvalue weighted by Gasteiger charge is -2.47. The Morgan fingerprint density at radius 2 is 2.26 bits per heavy atom.